The zero-order valence-corrected chi connectivity index (χ0v) is 13.4. The van der Waals surface area contributed by atoms with Crippen molar-refractivity contribution in [3.63, 3.8) is 0 Å². The van der Waals surface area contributed by atoms with E-state index < -0.39 is 0 Å². The number of nitrogens with one attached hydrogen (secondary N) is 1. The molecule has 0 aliphatic heterocycles. The van der Waals surface area contributed by atoms with Crippen LogP contribution in [0.15, 0.2) is 46.5 Å². The Morgan fingerprint density at radius 3 is 2.87 bits per heavy atom. The fraction of sp³-hybridized carbons (Fsp3) is 0.250. The molecule has 6 nitrogen and oxygen atoms in total. The van der Waals surface area contributed by atoms with E-state index in [1.54, 1.807) is 24.5 Å². The summed E-state index contributed by atoms with van der Waals surface area (Å²) >= 11 is 1.66. The highest BCUT2D eigenvalue weighted by molar-refractivity contribution is 7.09. The standard InChI is InChI=1S/C16H16N4O2S/c1-11-14(20-22-19-11)10-16(21)18-15(9-12-5-4-8-23-12)13-6-2-3-7-17-13/h2-8,15H,9-10H2,1H3,(H,18,21)/t15-/m0/s1. The van der Waals surface area contributed by atoms with Crippen molar-refractivity contribution >= 4 is 17.2 Å². The Morgan fingerprint density at radius 1 is 1.30 bits per heavy atom. The molecule has 23 heavy (non-hydrogen) atoms. The zero-order valence-electron chi connectivity index (χ0n) is 12.6. The van der Waals surface area contributed by atoms with Gasteiger partial charge >= 0.3 is 0 Å². The first-order chi connectivity index (χ1) is 11.2. The van der Waals surface area contributed by atoms with E-state index in [0.717, 1.165) is 5.69 Å². The Hall–Kier alpha value is -2.54. The van der Waals surface area contributed by atoms with Crippen LogP contribution < -0.4 is 5.32 Å². The van der Waals surface area contributed by atoms with Gasteiger partial charge < -0.3 is 5.32 Å². The van der Waals surface area contributed by atoms with Gasteiger partial charge in [0.1, 0.15) is 11.4 Å². The summed E-state index contributed by atoms with van der Waals surface area (Å²) in [6.07, 6.45) is 2.58. The molecule has 0 spiro atoms. The van der Waals surface area contributed by atoms with E-state index in [1.165, 1.54) is 4.88 Å². The SMILES string of the molecule is Cc1nonc1CC(=O)N[C@@H](Cc1cccs1)c1ccccn1. The molecule has 1 N–H and O–H groups in total. The highest BCUT2D eigenvalue weighted by Crippen LogP contribution is 2.20. The van der Waals surface area contributed by atoms with Crippen molar-refractivity contribution < 1.29 is 9.42 Å². The van der Waals surface area contributed by atoms with E-state index in [1.807, 2.05) is 29.6 Å². The molecule has 3 aromatic rings. The molecule has 3 aromatic heterocycles. The number of amides is 1. The molecule has 1 atom stereocenters. The van der Waals surface area contributed by atoms with Crippen LogP contribution in [0.1, 0.15) is 28.0 Å². The summed E-state index contributed by atoms with van der Waals surface area (Å²) in [4.78, 5) is 17.9. The van der Waals surface area contributed by atoms with Crippen LogP contribution in [0.3, 0.4) is 0 Å². The average molecular weight is 328 g/mol. The second kappa shape index (κ2) is 7.15. The second-order valence-corrected chi connectivity index (χ2v) is 6.16. The van der Waals surface area contributed by atoms with Gasteiger partial charge in [-0.2, -0.15) is 0 Å². The van der Waals surface area contributed by atoms with Gasteiger partial charge in [0.25, 0.3) is 0 Å². The van der Waals surface area contributed by atoms with E-state index in [9.17, 15) is 4.79 Å². The van der Waals surface area contributed by atoms with Crippen LogP contribution in [-0.2, 0) is 17.6 Å². The molecule has 0 saturated carbocycles. The molecule has 0 aliphatic rings. The third kappa shape index (κ3) is 4.01. The van der Waals surface area contributed by atoms with Gasteiger partial charge in [-0.25, -0.2) is 4.63 Å². The first-order valence-electron chi connectivity index (χ1n) is 7.23. The van der Waals surface area contributed by atoms with Gasteiger partial charge in [-0.15, -0.1) is 11.3 Å². The zero-order chi connectivity index (χ0) is 16.1. The quantitative estimate of drug-likeness (QED) is 0.752. The smallest absolute Gasteiger partial charge is 0.226 e. The molecule has 0 aromatic carbocycles. The first kappa shape index (κ1) is 15.4. The maximum Gasteiger partial charge on any atom is 0.226 e. The molecule has 3 rings (SSSR count). The van der Waals surface area contributed by atoms with E-state index in [4.69, 9.17) is 0 Å². The Labute approximate surface area is 137 Å². The van der Waals surface area contributed by atoms with E-state index in [2.05, 4.69) is 31.3 Å². The summed E-state index contributed by atoms with van der Waals surface area (Å²) in [5, 5.41) is 12.5. The van der Waals surface area contributed by atoms with Crippen LogP contribution in [-0.4, -0.2) is 21.2 Å². The second-order valence-electron chi connectivity index (χ2n) is 5.13. The van der Waals surface area contributed by atoms with E-state index in [0.29, 0.717) is 17.8 Å². The molecule has 7 heteroatoms. The molecule has 118 valence electrons. The minimum absolute atomic E-state index is 0.129. The van der Waals surface area contributed by atoms with Crippen molar-refractivity contribution in [1.82, 2.24) is 20.6 Å². The highest BCUT2D eigenvalue weighted by Gasteiger charge is 2.19. The van der Waals surface area contributed by atoms with Crippen molar-refractivity contribution in [3.8, 4) is 0 Å². The van der Waals surface area contributed by atoms with Gasteiger partial charge in [0.2, 0.25) is 5.91 Å². The van der Waals surface area contributed by atoms with Crippen LogP contribution in [0.25, 0.3) is 0 Å². The monoisotopic (exact) mass is 328 g/mol. The highest BCUT2D eigenvalue weighted by atomic mass is 32.1. The van der Waals surface area contributed by atoms with Crippen molar-refractivity contribution in [2.45, 2.75) is 25.8 Å². The normalized spacial score (nSPS) is 12.0. The minimum atomic E-state index is -0.178. The summed E-state index contributed by atoms with van der Waals surface area (Å²) < 4.78 is 4.63. The predicted octanol–water partition coefficient (Wildman–Crippen LogP) is 2.48. The summed E-state index contributed by atoms with van der Waals surface area (Å²) in [6.45, 7) is 1.76. The largest absolute Gasteiger partial charge is 0.347 e. The average Bonchev–Trinajstić information content (AvgIpc) is 3.20. The lowest BCUT2D eigenvalue weighted by atomic mass is 10.1. The number of thiophene rings is 1. The maximum atomic E-state index is 12.3. The molecule has 0 radical (unpaired) electrons. The fourth-order valence-electron chi connectivity index (χ4n) is 2.25. The lowest BCUT2D eigenvalue weighted by Crippen LogP contribution is -2.31. The Balaban J connectivity index is 1.73. The van der Waals surface area contributed by atoms with Gasteiger partial charge in [0, 0.05) is 17.5 Å². The molecule has 1 amide bonds. The van der Waals surface area contributed by atoms with Crippen LogP contribution in [0.2, 0.25) is 0 Å². The van der Waals surface area contributed by atoms with E-state index in [-0.39, 0.29) is 18.4 Å². The maximum absolute atomic E-state index is 12.3. The van der Waals surface area contributed by atoms with E-state index >= 15 is 0 Å². The molecule has 0 aliphatic carbocycles. The lowest BCUT2D eigenvalue weighted by molar-refractivity contribution is -0.121. The molecule has 0 fully saturated rings. The van der Waals surface area contributed by atoms with Crippen molar-refractivity contribution in [2.75, 3.05) is 0 Å². The Kier molecular flexibility index (Phi) is 4.77. The number of pyridine rings is 1. The van der Waals surface area contributed by atoms with Gasteiger partial charge in [-0.1, -0.05) is 22.4 Å². The number of hydrogen-bond donors (Lipinski definition) is 1. The minimum Gasteiger partial charge on any atom is -0.347 e. The molecule has 0 bridgehead atoms. The summed E-state index contributed by atoms with van der Waals surface area (Å²) in [7, 11) is 0. The number of nitrogens with zero attached hydrogens (tertiary/aromatic N) is 3. The third-order valence-electron chi connectivity index (χ3n) is 3.44. The summed E-state index contributed by atoms with van der Waals surface area (Å²) in [5.74, 6) is -0.129. The number of carbonyl (C=O) groups is 1. The Bertz CT molecular complexity index is 756. The predicted molar refractivity (Wildman–Crippen MR) is 85.9 cm³/mol. The number of aromatic nitrogens is 3. The third-order valence-corrected chi connectivity index (χ3v) is 4.34. The van der Waals surface area contributed by atoms with Crippen molar-refractivity contribution in [3.05, 3.63) is 63.9 Å². The van der Waals surface area contributed by atoms with Gasteiger partial charge in [0.05, 0.1) is 18.2 Å². The molecule has 3 heterocycles. The van der Waals surface area contributed by atoms with Crippen LogP contribution in [0.4, 0.5) is 0 Å². The van der Waals surface area contributed by atoms with Crippen LogP contribution >= 0.6 is 11.3 Å². The van der Waals surface area contributed by atoms with Gasteiger partial charge in [-0.3, -0.25) is 9.78 Å². The van der Waals surface area contributed by atoms with Gasteiger partial charge in [0.15, 0.2) is 0 Å². The van der Waals surface area contributed by atoms with Crippen molar-refractivity contribution in [2.24, 2.45) is 0 Å². The topological polar surface area (TPSA) is 80.9 Å². The molecular weight excluding hydrogens is 312 g/mol. The van der Waals surface area contributed by atoms with Gasteiger partial charge in [-0.05, 0) is 30.5 Å². The first-order valence-corrected chi connectivity index (χ1v) is 8.11. The number of aryl methyl sites for hydroxylation is 1. The molecular formula is C16H16N4O2S. The van der Waals surface area contributed by atoms with Crippen molar-refractivity contribution in [1.29, 1.82) is 0 Å². The number of carbonyl (C=O) groups excluding carboxylic acids is 1. The summed E-state index contributed by atoms with van der Waals surface area (Å²) in [5.41, 5.74) is 2.02. The number of rotatable bonds is 6. The molecule has 0 unspecified atom stereocenters. The number of hydrogen-bond acceptors (Lipinski definition) is 6. The summed E-state index contributed by atoms with van der Waals surface area (Å²) in [6, 6.07) is 9.57. The Morgan fingerprint density at radius 2 is 2.22 bits per heavy atom. The molecule has 0 saturated heterocycles. The van der Waals surface area contributed by atoms with Crippen LogP contribution in [0, 0.1) is 6.92 Å². The van der Waals surface area contributed by atoms with Crippen LogP contribution in [0.5, 0.6) is 0 Å². The fourth-order valence-corrected chi connectivity index (χ4v) is 3.00. The lowest BCUT2D eigenvalue weighted by Gasteiger charge is -2.17.